The predicted octanol–water partition coefficient (Wildman–Crippen LogP) is 0.632. The van der Waals surface area contributed by atoms with Crippen molar-refractivity contribution in [1.29, 1.82) is 0 Å². The summed E-state index contributed by atoms with van der Waals surface area (Å²) in [6.07, 6.45) is 7.47. The van der Waals surface area contributed by atoms with Gasteiger partial charge in [-0.25, -0.2) is 0 Å². The number of ether oxygens (including phenoxy) is 1. The molecule has 0 saturated carbocycles. The van der Waals surface area contributed by atoms with E-state index in [-0.39, 0.29) is 18.1 Å². The van der Waals surface area contributed by atoms with Crippen molar-refractivity contribution in [2.45, 2.75) is 38.0 Å². The van der Waals surface area contributed by atoms with Crippen LogP contribution in [0, 0.1) is 5.92 Å². The third-order valence-electron chi connectivity index (χ3n) is 5.13. The van der Waals surface area contributed by atoms with E-state index in [2.05, 4.69) is 16.2 Å². The highest BCUT2D eigenvalue weighted by atomic mass is 16.5. The standard InChI is InChI=1S/C16H24N4O2/c1-18-8-12(7-17-18)9-19-10-13-6-14(15(11-19)22-13)16(21)20-4-2-3-5-20/h7-8,13-15H,2-6,9-11H2,1H3/t13-,14-,15-/m1/s1. The fourth-order valence-electron chi connectivity index (χ4n) is 4.11. The van der Waals surface area contributed by atoms with Gasteiger partial charge in [-0.05, 0) is 19.3 Å². The van der Waals surface area contributed by atoms with Crippen LogP contribution in [-0.4, -0.2) is 63.9 Å². The second-order valence-electron chi connectivity index (χ2n) is 6.89. The van der Waals surface area contributed by atoms with Crippen LogP contribution in [0.2, 0.25) is 0 Å². The van der Waals surface area contributed by atoms with Crippen molar-refractivity contribution in [3.05, 3.63) is 18.0 Å². The largest absolute Gasteiger partial charge is 0.371 e. The third kappa shape index (κ3) is 2.65. The van der Waals surface area contributed by atoms with Crippen LogP contribution in [0.15, 0.2) is 12.4 Å². The second-order valence-corrected chi connectivity index (χ2v) is 6.89. The summed E-state index contributed by atoms with van der Waals surface area (Å²) in [5.41, 5.74) is 1.23. The summed E-state index contributed by atoms with van der Waals surface area (Å²) < 4.78 is 7.89. The lowest BCUT2D eigenvalue weighted by molar-refractivity contribution is -0.137. The minimum atomic E-state index is 0.0713. The van der Waals surface area contributed by atoms with Gasteiger partial charge < -0.3 is 9.64 Å². The number of carbonyl (C=O) groups is 1. The Morgan fingerprint density at radius 1 is 1.36 bits per heavy atom. The summed E-state index contributed by atoms with van der Waals surface area (Å²) in [4.78, 5) is 17.1. The predicted molar refractivity (Wildman–Crippen MR) is 81.1 cm³/mol. The average molecular weight is 304 g/mol. The van der Waals surface area contributed by atoms with Gasteiger partial charge in [0, 0.05) is 51.5 Å². The summed E-state index contributed by atoms with van der Waals surface area (Å²) in [6, 6.07) is 0. The Morgan fingerprint density at radius 2 is 2.18 bits per heavy atom. The topological polar surface area (TPSA) is 50.6 Å². The minimum absolute atomic E-state index is 0.0713. The van der Waals surface area contributed by atoms with Crippen molar-refractivity contribution in [3.8, 4) is 0 Å². The number of rotatable bonds is 3. The van der Waals surface area contributed by atoms with Gasteiger partial charge in [-0.15, -0.1) is 0 Å². The van der Waals surface area contributed by atoms with Crippen molar-refractivity contribution in [2.24, 2.45) is 13.0 Å². The van der Waals surface area contributed by atoms with Crippen molar-refractivity contribution < 1.29 is 9.53 Å². The summed E-state index contributed by atoms with van der Waals surface area (Å²) in [7, 11) is 1.94. The fraction of sp³-hybridized carbons (Fsp3) is 0.750. The van der Waals surface area contributed by atoms with Gasteiger partial charge in [-0.2, -0.15) is 5.10 Å². The van der Waals surface area contributed by atoms with Crippen LogP contribution in [0.5, 0.6) is 0 Å². The first-order valence-electron chi connectivity index (χ1n) is 8.33. The number of amides is 1. The summed E-state index contributed by atoms with van der Waals surface area (Å²) in [5.74, 6) is 0.398. The van der Waals surface area contributed by atoms with Crippen LogP contribution in [0.4, 0.5) is 0 Å². The highest BCUT2D eigenvalue weighted by molar-refractivity contribution is 5.80. The first-order valence-corrected chi connectivity index (χ1v) is 8.33. The SMILES string of the molecule is Cn1cc(CN2C[C@H]3C[C@@H](C(=O)N4CCCC4)[C@@H](C2)O3)cn1. The highest BCUT2D eigenvalue weighted by Crippen LogP contribution is 2.34. The number of aromatic nitrogens is 2. The van der Waals surface area contributed by atoms with Crippen molar-refractivity contribution in [3.63, 3.8) is 0 Å². The maximum Gasteiger partial charge on any atom is 0.228 e. The summed E-state index contributed by atoms with van der Waals surface area (Å²) >= 11 is 0. The molecule has 1 aromatic rings. The van der Waals surface area contributed by atoms with Gasteiger partial charge in [-0.3, -0.25) is 14.4 Å². The molecule has 0 aliphatic carbocycles. The summed E-state index contributed by atoms with van der Waals surface area (Å²) in [6.45, 7) is 4.55. The molecule has 0 spiro atoms. The van der Waals surface area contributed by atoms with E-state index >= 15 is 0 Å². The number of hydrogen-bond donors (Lipinski definition) is 0. The molecule has 0 unspecified atom stereocenters. The zero-order valence-corrected chi connectivity index (χ0v) is 13.1. The lowest BCUT2D eigenvalue weighted by atomic mass is 9.99. The molecule has 4 heterocycles. The number of morpholine rings is 1. The molecule has 120 valence electrons. The molecule has 0 aromatic carbocycles. The van der Waals surface area contributed by atoms with E-state index in [0.29, 0.717) is 5.91 Å². The number of hydrogen-bond acceptors (Lipinski definition) is 4. The van der Waals surface area contributed by atoms with Crippen molar-refractivity contribution >= 4 is 5.91 Å². The molecule has 6 nitrogen and oxygen atoms in total. The molecule has 3 fully saturated rings. The molecule has 1 amide bonds. The molecule has 6 heteroatoms. The molecule has 22 heavy (non-hydrogen) atoms. The Bertz CT molecular complexity index is 552. The number of aryl methyl sites for hydroxylation is 1. The van der Waals surface area contributed by atoms with Gasteiger partial charge in [-0.1, -0.05) is 0 Å². The number of carbonyl (C=O) groups excluding carboxylic acids is 1. The van der Waals surface area contributed by atoms with E-state index in [1.165, 1.54) is 5.56 Å². The van der Waals surface area contributed by atoms with Crippen LogP contribution in [0.25, 0.3) is 0 Å². The number of nitrogens with zero attached hydrogens (tertiary/aromatic N) is 4. The third-order valence-corrected chi connectivity index (χ3v) is 5.13. The van der Waals surface area contributed by atoms with E-state index in [9.17, 15) is 4.79 Å². The molecule has 0 N–H and O–H groups in total. The molecule has 3 atom stereocenters. The highest BCUT2D eigenvalue weighted by Gasteiger charge is 2.46. The van der Waals surface area contributed by atoms with Crippen LogP contribution in [-0.2, 0) is 23.1 Å². The molecule has 3 aliphatic rings. The van der Waals surface area contributed by atoms with E-state index in [4.69, 9.17) is 4.74 Å². The maximum absolute atomic E-state index is 12.7. The van der Waals surface area contributed by atoms with Crippen LogP contribution < -0.4 is 0 Å². The van der Waals surface area contributed by atoms with Crippen LogP contribution in [0.1, 0.15) is 24.8 Å². The molecular weight excluding hydrogens is 280 g/mol. The van der Waals surface area contributed by atoms with Gasteiger partial charge in [0.2, 0.25) is 5.91 Å². The van der Waals surface area contributed by atoms with Crippen LogP contribution >= 0.6 is 0 Å². The first-order chi connectivity index (χ1) is 10.7. The lowest BCUT2D eigenvalue weighted by Gasteiger charge is -2.32. The van der Waals surface area contributed by atoms with E-state index < -0.39 is 0 Å². The molecule has 3 saturated heterocycles. The van der Waals surface area contributed by atoms with Crippen molar-refractivity contribution in [1.82, 2.24) is 19.6 Å². The summed E-state index contributed by atoms with van der Waals surface area (Å²) in [5, 5.41) is 4.23. The van der Waals surface area contributed by atoms with Gasteiger partial charge in [0.25, 0.3) is 0 Å². The van der Waals surface area contributed by atoms with Gasteiger partial charge in [0.15, 0.2) is 0 Å². The normalized spacial score (nSPS) is 31.9. The van der Waals surface area contributed by atoms with Gasteiger partial charge in [0.1, 0.15) is 0 Å². The minimum Gasteiger partial charge on any atom is -0.371 e. The lowest BCUT2D eigenvalue weighted by Crippen LogP contribution is -2.45. The zero-order valence-electron chi connectivity index (χ0n) is 13.1. The Balaban J connectivity index is 1.40. The quantitative estimate of drug-likeness (QED) is 0.822. The molecular formula is C16H24N4O2. The van der Waals surface area contributed by atoms with E-state index in [1.54, 1.807) is 0 Å². The Hall–Kier alpha value is -1.40. The Morgan fingerprint density at radius 3 is 2.91 bits per heavy atom. The Labute approximate surface area is 131 Å². The monoisotopic (exact) mass is 304 g/mol. The number of fused-ring (bicyclic) bond motifs is 2. The molecule has 0 radical (unpaired) electrons. The average Bonchev–Trinajstić information content (AvgIpc) is 3.20. The molecule has 4 rings (SSSR count). The van der Waals surface area contributed by atoms with E-state index in [1.807, 2.05) is 22.8 Å². The molecule has 3 aliphatic heterocycles. The second kappa shape index (κ2) is 5.66. The van der Waals surface area contributed by atoms with E-state index in [0.717, 1.165) is 52.0 Å². The van der Waals surface area contributed by atoms with Gasteiger partial charge >= 0.3 is 0 Å². The van der Waals surface area contributed by atoms with Crippen LogP contribution in [0.3, 0.4) is 0 Å². The fourth-order valence-corrected chi connectivity index (χ4v) is 4.11. The zero-order chi connectivity index (χ0) is 15.1. The Kier molecular flexibility index (Phi) is 3.66. The molecule has 2 bridgehead atoms. The van der Waals surface area contributed by atoms with Gasteiger partial charge in [0.05, 0.1) is 24.3 Å². The maximum atomic E-state index is 12.7. The van der Waals surface area contributed by atoms with Crippen molar-refractivity contribution in [2.75, 3.05) is 26.2 Å². The molecule has 1 aromatic heterocycles. The smallest absolute Gasteiger partial charge is 0.228 e. The first kappa shape index (κ1) is 14.2. The number of likely N-dealkylation sites (tertiary alicyclic amines) is 2.